The molecule has 4 aromatic rings. The molecule has 2 aliphatic heterocycles. The van der Waals surface area contributed by atoms with E-state index in [1.165, 1.54) is 17.7 Å². The van der Waals surface area contributed by atoms with Crippen LogP contribution in [0.3, 0.4) is 0 Å². The molecule has 2 fully saturated rings. The maximum absolute atomic E-state index is 13.7. The highest BCUT2D eigenvalue weighted by Crippen LogP contribution is 2.34. The fourth-order valence-electron chi connectivity index (χ4n) is 5.65. The number of fused-ring (bicyclic) bond motifs is 1. The van der Waals surface area contributed by atoms with Crippen LogP contribution in [0, 0.1) is 11.6 Å². The number of aliphatic hydroxyl groups is 1. The predicted octanol–water partition coefficient (Wildman–Crippen LogP) is 5.48. The Balaban J connectivity index is 1.25. The molecule has 9 nitrogen and oxygen atoms in total. The lowest BCUT2D eigenvalue weighted by Gasteiger charge is -2.31. The van der Waals surface area contributed by atoms with Crippen LogP contribution in [0.5, 0.6) is 0 Å². The molecular weight excluding hydrogens is 528 g/mol. The third kappa shape index (κ3) is 6.42. The van der Waals surface area contributed by atoms with E-state index in [2.05, 4.69) is 55.2 Å². The summed E-state index contributed by atoms with van der Waals surface area (Å²) in [7, 11) is 2.16. The molecule has 5 N–H and O–H groups in total. The number of rotatable bonds is 8. The molecule has 0 radical (unpaired) electrons. The van der Waals surface area contributed by atoms with Gasteiger partial charge in [0.05, 0.1) is 5.52 Å². The minimum absolute atomic E-state index is 0.237. The molecule has 0 bridgehead atoms. The number of hydrogen-bond donors (Lipinski definition) is 5. The van der Waals surface area contributed by atoms with Gasteiger partial charge < -0.3 is 30.7 Å². The van der Waals surface area contributed by atoms with Gasteiger partial charge in [-0.15, -0.1) is 0 Å². The number of anilines is 4. The van der Waals surface area contributed by atoms with Crippen molar-refractivity contribution in [1.29, 1.82) is 0 Å². The van der Waals surface area contributed by atoms with Crippen molar-refractivity contribution in [2.24, 2.45) is 0 Å². The first-order chi connectivity index (χ1) is 19.9. The number of hydrogen-bond acceptors (Lipinski definition) is 8. The van der Waals surface area contributed by atoms with Crippen LogP contribution in [-0.2, 0) is 4.74 Å². The van der Waals surface area contributed by atoms with Gasteiger partial charge in [0.1, 0.15) is 23.0 Å². The molecule has 216 valence electrons. The van der Waals surface area contributed by atoms with Crippen molar-refractivity contribution in [3.05, 3.63) is 71.3 Å². The number of benzene rings is 2. The molecule has 0 amide bonds. The minimum Gasteiger partial charge on any atom is -0.382 e. The van der Waals surface area contributed by atoms with E-state index in [1.807, 2.05) is 6.07 Å². The minimum atomic E-state index is -1.06. The average molecular weight is 564 g/mol. The van der Waals surface area contributed by atoms with Gasteiger partial charge in [-0.2, -0.15) is 5.10 Å². The van der Waals surface area contributed by atoms with Crippen molar-refractivity contribution in [3.8, 4) is 0 Å². The Morgan fingerprint density at radius 2 is 1.76 bits per heavy atom. The number of piperidine rings is 1. The summed E-state index contributed by atoms with van der Waals surface area (Å²) in [6, 6.07) is 13.2. The van der Waals surface area contributed by atoms with Crippen molar-refractivity contribution >= 4 is 34.0 Å². The first kappa shape index (κ1) is 27.4. The number of likely N-dealkylation sites (tertiary alicyclic amines) is 1. The van der Waals surface area contributed by atoms with Crippen molar-refractivity contribution < 1.29 is 18.6 Å². The Morgan fingerprint density at radius 3 is 2.51 bits per heavy atom. The Bertz CT molecular complexity index is 1480. The van der Waals surface area contributed by atoms with Crippen LogP contribution in [0.25, 0.3) is 11.0 Å². The molecule has 0 spiro atoms. The first-order valence-corrected chi connectivity index (χ1v) is 14.1. The van der Waals surface area contributed by atoms with Crippen LogP contribution in [0.1, 0.15) is 49.0 Å². The largest absolute Gasteiger partial charge is 0.382 e. The van der Waals surface area contributed by atoms with Crippen LogP contribution in [-0.4, -0.2) is 64.6 Å². The molecule has 2 saturated heterocycles. The number of ether oxygens (including phenoxy) is 1. The Hall–Kier alpha value is -3.80. The Labute approximate surface area is 237 Å². The fourth-order valence-corrected chi connectivity index (χ4v) is 5.65. The number of pyridine rings is 1. The lowest BCUT2D eigenvalue weighted by Crippen LogP contribution is -2.30. The number of H-pyrrole nitrogens is 1. The zero-order valence-electron chi connectivity index (χ0n) is 23.0. The second kappa shape index (κ2) is 12.0. The van der Waals surface area contributed by atoms with E-state index in [1.54, 1.807) is 12.1 Å². The molecule has 2 aromatic heterocycles. The van der Waals surface area contributed by atoms with Crippen LogP contribution in [0.4, 0.5) is 31.8 Å². The monoisotopic (exact) mass is 563 g/mol. The smallest absolute Gasteiger partial charge is 0.176 e. The molecule has 11 heteroatoms. The normalized spacial score (nSPS) is 18.0. The van der Waals surface area contributed by atoms with Crippen LogP contribution in [0.2, 0.25) is 0 Å². The lowest BCUT2D eigenvalue weighted by molar-refractivity contribution is 0.0904. The highest BCUT2D eigenvalue weighted by atomic mass is 19.1. The Kier molecular flexibility index (Phi) is 8.00. The zero-order chi connectivity index (χ0) is 28.3. The number of aromatic amines is 1. The van der Waals surface area contributed by atoms with Gasteiger partial charge in [-0.3, -0.25) is 5.10 Å². The molecule has 0 aliphatic carbocycles. The van der Waals surface area contributed by atoms with Gasteiger partial charge in [-0.05, 0) is 87.6 Å². The van der Waals surface area contributed by atoms with Gasteiger partial charge in [0.2, 0.25) is 0 Å². The van der Waals surface area contributed by atoms with Gasteiger partial charge in [-0.1, -0.05) is 12.1 Å². The standard InChI is InChI=1S/C30H35F2N7O2/c1-39-10-6-18(7-11-39)19-2-3-24(26(14-19)33-22-8-12-41-13-9-22)30(40)36-29-28-25(37-38-29)4-5-27(35-28)34-23-16-20(31)15-21(32)17-23/h2-5,14-18,22,30,33,40H,6-13H2,1H3,(H,34,35)(H2,36,37,38). The molecule has 41 heavy (non-hydrogen) atoms. The van der Waals surface area contributed by atoms with E-state index >= 15 is 0 Å². The molecule has 6 rings (SSSR count). The highest BCUT2D eigenvalue weighted by Gasteiger charge is 2.23. The van der Waals surface area contributed by atoms with Crippen molar-refractivity contribution in [2.75, 3.05) is 49.3 Å². The third-order valence-electron chi connectivity index (χ3n) is 7.96. The Morgan fingerprint density at radius 1 is 1.00 bits per heavy atom. The number of nitrogens with zero attached hydrogens (tertiary/aromatic N) is 3. The molecule has 0 saturated carbocycles. The number of aliphatic hydroxyl groups excluding tert-OH is 1. The van der Waals surface area contributed by atoms with Crippen LogP contribution < -0.4 is 16.0 Å². The van der Waals surface area contributed by atoms with E-state index in [0.717, 1.165) is 50.5 Å². The molecule has 2 aromatic carbocycles. The number of aromatic nitrogens is 3. The lowest BCUT2D eigenvalue weighted by atomic mass is 9.88. The SMILES string of the molecule is CN1CCC(c2ccc(C(O)Nc3n[nH]c4ccc(Nc5cc(F)cc(F)c5)nc34)c(NC3CCOCC3)c2)CC1. The topological polar surface area (TPSA) is 110 Å². The molecule has 1 atom stereocenters. The second-order valence-electron chi connectivity index (χ2n) is 11.0. The van der Waals surface area contributed by atoms with Crippen LogP contribution in [0.15, 0.2) is 48.5 Å². The van der Waals surface area contributed by atoms with Gasteiger partial charge in [0.25, 0.3) is 0 Å². The summed E-state index contributed by atoms with van der Waals surface area (Å²) in [5.41, 5.74) is 4.26. The van der Waals surface area contributed by atoms with E-state index in [-0.39, 0.29) is 11.7 Å². The summed E-state index contributed by atoms with van der Waals surface area (Å²) in [5.74, 6) is -0.148. The highest BCUT2D eigenvalue weighted by molar-refractivity contribution is 5.87. The number of nitrogens with one attached hydrogen (secondary N) is 4. The van der Waals surface area contributed by atoms with Gasteiger partial charge in [-0.25, -0.2) is 13.8 Å². The van der Waals surface area contributed by atoms with Crippen LogP contribution >= 0.6 is 0 Å². The summed E-state index contributed by atoms with van der Waals surface area (Å²) < 4.78 is 32.9. The molecule has 2 aliphatic rings. The average Bonchev–Trinajstić information content (AvgIpc) is 3.35. The maximum atomic E-state index is 13.7. The van der Waals surface area contributed by atoms with E-state index in [9.17, 15) is 13.9 Å². The molecule has 1 unspecified atom stereocenters. The summed E-state index contributed by atoms with van der Waals surface area (Å²) >= 11 is 0. The fraction of sp³-hybridized carbons (Fsp3) is 0.400. The number of halogens is 2. The summed E-state index contributed by atoms with van der Waals surface area (Å²) in [4.78, 5) is 6.94. The maximum Gasteiger partial charge on any atom is 0.176 e. The first-order valence-electron chi connectivity index (χ1n) is 14.1. The van der Waals surface area contributed by atoms with Crippen molar-refractivity contribution in [2.45, 2.75) is 43.9 Å². The molecular formula is C30H35F2N7O2. The third-order valence-corrected chi connectivity index (χ3v) is 7.96. The van der Waals surface area contributed by atoms with E-state index in [4.69, 9.17) is 4.74 Å². The summed E-state index contributed by atoms with van der Waals surface area (Å²) in [6.07, 6.45) is 2.96. The second-order valence-corrected chi connectivity index (χ2v) is 11.0. The van der Waals surface area contributed by atoms with E-state index in [0.29, 0.717) is 47.4 Å². The zero-order valence-corrected chi connectivity index (χ0v) is 23.0. The summed E-state index contributed by atoms with van der Waals surface area (Å²) in [5, 5.41) is 28.4. The predicted molar refractivity (Wildman–Crippen MR) is 155 cm³/mol. The summed E-state index contributed by atoms with van der Waals surface area (Å²) in [6.45, 7) is 3.57. The van der Waals surface area contributed by atoms with Crippen molar-refractivity contribution in [1.82, 2.24) is 20.1 Å². The van der Waals surface area contributed by atoms with E-state index < -0.39 is 17.9 Å². The quantitative estimate of drug-likeness (QED) is 0.179. The van der Waals surface area contributed by atoms with Gasteiger partial charge >= 0.3 is 0 Å². The van der Waals surface area contributed by atoms with Crippen molar-refractivity contribution in [3.63, 3.8) is 0 Å². The van der Waals surface area contributed by atoms with Gasteiger partial charge in [0.15, 0.2) is 12.0 Å². The van der Waals surface area contributed by atoms with Gasteiger partial charge in [0, 0.05) is 42.3 Å². The molecule has 4 heterocycles.